The minimum absolute atomic E-state index is 0.00579. The Hall–Kier alpha value is -2.98. The molecule has 9 atom stereocenters. The van der Waals surface area contributed by atoms with E-state index in [1.807, 2.05) is 12.1 Å². The number of nitrogens with zero attached hydrogens (tertiary/aromatic N) is 3. The summed E-state index contributed by atoms with van der Waals surface area (Å²) in [6, 6.07) is 18.9. The molecule has 0 N–H and O–H groups in total. The Kier molecular flexibility index (Phi) is 6.87. The van der Waals surface area contributed by atoms with Crippen molar-refractivity contribution in [2.24, 2.45) is 45.8 Å². The number of rotatable bonds is 2. The summed E-state index contributed by atoms with van der Waals surface area (Å²) in [4.78, 5) is 5.36. The molecule has 0 saturated heterocycles. The normalized spacial score (nSPS) is 39.2. The van der Waals surface area contributed by atoms with Gasteiger partial charge in [-0.05, 0) is 139 Å². The Morgan fingerprint density at radius 2 is 1.63 bits per heavy atom. The second-order valence-corrected chi connectivity index (χ2v) is 18.7. The predicted molar refractivity (Wildman–Crippen MR) is 198 cm³/mol. The lowest BCUT2D eigenvalue weighted by Crippen LogP contribution is -2.65. The molecule has 49 heavy (non-hydrogen) atoms. The highest BCUT2D eigenvalue weighted by Crippen LogP contribution is 2.75. The fraction of sp³-hybridized carbons (Fsp3) is 0.568. The highest BCUT2D eigenvalue weighted by molar-refractivity contribution is 6.31. The van der Waals surface area contributed by atoms with E-state index in [9.17, 15) is 0 Å². The van der Waals surface area contributed by atoms with Gasteiger partial charge in [0, 0.05) is 21.4 Å². The summed E-state index contributed by atoms with van der Waals surface area (Å²) in [5, 5.41) is 11.5. The third-order valence-corrected chi connectivity index (χ3v) is 16.3. The third-order valence-electron chi connectivity index (χ3n) is 16.0. The molecule has 0 spiro atoms. The van der Waals surface area contributed by atoms with E-state index in [4.69, 9.17) is 26.1 Å². The van der Waals surface area contributed by atoms with Gasteiger partial charge in [-0.1, -0.05) is 89.9 Å². The maximum Gasteiger partial charge on any atom is 0.247 e. The quantitative estimate of drug-likeness (QED) is 0.199. The zero-order valence-electron chi connectivity index (χ0n) is 30.4. The standard InChI is InChI=1S/C44H52ClN3O/c1-26-17-20-44(39-48-47-38(49-39)28-11-9-8-10-12-28)22-21-42(6)32(36(44)27(26)2)14-16-35-41(5)25-30-23-29-24-31(45)13-15-33(29)46-37(30)40(3,4)34(41)18-19-43(35,42)7/h8-15,23-24,26-27,34-36H,16-22,25H2,1-7H3/t26-,27+,34+,35-,36+,41+,42-,43-,44+/m1/s1. The number of hydrogen-bond donors (Lipinski definition) is 0. The second-order valence-electron chi connectivity index (χ2n) is 18.3. The summed E-state index contributed by atoms with van der Waals surface area (Å²) in [5.74, 6) is 4.38. The number of fused-ring (bicyclic) bond motifs is 9. The van der Waals surface area contributed by atoms with Gasteiger partial charge < -0.3 is 4.42 Å². The van der Waals surface area contributed by atoms with Gasteiger partial charge in [-0.15, -0.1) is 10.2 Å². The van der Waals surface area contributed by atoms with Crippen molar-refractivity contribution in [1.82, 2.24) is 15.2 Å². The molecule has 3 saturated carbocycles. The Morgan fingerprint density at radius 1 is 0.837 bits per heavy atom. The van der Waals surface area contributed by atoms with Crippen LogP contribution in [0.5, 0.6) is 0 Å². The largest absolute Gasteiger partial charge is 0.420 e. The van der Waals surface area contributed by atoms with E-state index >= 15 is 0 Å². The molecule has 9 rings (SSSR count). The molecule has 0 amide bonds. The summed E-state index contributed by atoms with van der Waals surface area (Å²) in [5.41, 5.74) is 6.97. The topological polar surface area (TPSA) is 51.8 Å². The molecule has 4 aromatic rings. The van der Waals surface area contributed by atoms with Crippen LogP contribution in [0, 0.1) is 45.8 Å². The SMILES string of the molecule is C[C@H]1[C@H](C)CC[C@]2(c3nnc(-c4ccccc4)o3)CC[C@]3(C)C(=CC[C@@H]4[C@@]5(C)Cc6cc7cc(Cl)ccc7nc6C(C)(C)[C@@H]5CC[C@]43C)[C@H]12. The Bertz CT molecular complexity index is 2000. The first-order valence-corrected chi connectivity index (χ1v) is 19.4. The first-order valence-electron chi connectivity index (χ1n) is 19.0. The minimum atomic E-state index is -0.0959. The lowest BCUT2D eigenvalue weighted by Gasteiger charge is -2.71. The fourth-order valence-electron chi connectivity index (χ4n) is 13.2. The van der Waals surface area contributed by atoms with E-state index < -0.39 is 0 Å². The minimum Gasteiger partial charge on any atom is -0.420 e. The summed E-state index contributed by atoms with van der Waals surface area (Å²) in [7, 11) is 0. The van der Waals surface area contributed by atoms with Crippen molar-refractivity contribution in [3.63, 3.8) is 0 Å². The monoisotopic (exact) mass is 673 g/mol. The molecule has 2 aromatic carbocycles. The van der Waals surface area contributed by atoms with Crippen molar-refractivity contribution in [1.29, 1.82) is 0 Å². The molecule has 3 fully saturated rings. The zero-order chi connectivity index (χ0) is 34.1. The van der Waals surface area contributed by atoms with Crippen LogP contribution in [0.3, 0.4) is 0 Å². The fourth-order valence-corrected chi connectivity index (χ4v) is 13.4. The van der Waals surface area contributed by atoms with Crippen LogP contribution in [0.1, 0.15) is 111 Å². The van der Waals surface area contributed by atoms with Crippen LogP contribution in [-0.2, 0) is 17.3 Å². The summed E-state index contributed by atoms with van der Waals surface area (Å²) in [6.45, 7) is 18.0. The Morgan fingerprint density at radius 3 is 2.43 bits per heavy atom. The highest BCUT2D eigenvalue weighted by Gasteiger charge is 2.69. The summed E-state index contributed by atoms with van der Waals surface area (Å²) >= 11 is 6.48. The van der Waals surface area contributed by atoms with Crippen LogP contribution >= 0.6 is 11.6 Å². The maximum absolute atomic E-state index is 6.71. The van der Waals surface area contributed by atoms with Crippen molar-refractivity contribution in [3.8, 4) is 11.5 Å². The smallest absolute Gasteiger partial charge is 0.247 e. The molecule has 0 unspecified atom stereocenters. The number of pyridine rings is 1. The van der Waals surface area contributed by atoms with Crippen LogP contribution in [0.2, 0.25) is 5.02 Å². The Labute approximate surface area is 297 Å². The van der Waals surface area contributed by atoms with Gasteiger partial charge in [0.15, 0.2) is 0 Å². The molecule has 5 aliphatic rings. The number of allylic oxidation sites excluding steroid dienone is 2. The van der Waals surface area contributed by atoms with Gasteiger partial charge in [-0.2, -0.15) is 0 Å². The molecule has 5 aliphatic carbocycles. The van der Waals surface area contributed by atoms with Gasteiger partial charge in [0.05, 0.1) is 16.6 Å². The first kappa shape index (κ1) is 32.0. The van der Waals surface area contributed by atoms with Crippen molar-refractivity contribution in [2.45, 2.75) is 111 Å². The molecule has 5 heteroatoms. The number of hydrogen-bond acceptors (Lipinski definition) is 4. The van der Waals surface area contributed by atoms with Crippen LogP contribution < -0.4 is 0 Å². The van der Waals surface area contributed by atoms with E-state index in [0.29, 0.717) is 35.5 Å². The molecule has 0 bridgehead atoms. The third kappa shape index (κ3) is 4.19. The Balaban J connectivity index is 1.14. The van der Waals surface area contributed by atoms with E-state index in [1.54, 1.807) is 5.57 Å². The molecular formula is C44H52ClN3O. The summed E-state index contributed by atoms with van der Waals surface area (Å²) < 4.78 is 6.71. The first-order chi connectivity index (χ1) is 23.3. The van der Waals surface area contributed by atoms with Gasteiger partial charge in [0.2, 0.25) is 11.8 Å². The highest BCUT2D eigenvalue weighted by atomic mass is 35.5. The lowest BCUT2D eigenvalue weighted by molar-refractivity contribution is -0.157. The molecule has 4 nitrogen and oxygen atoms in total. The van der Waals surface area contributed by atoms with Crippen LogP contribution in [0.15, 0.2) is 70.7 Å². The van der Waals surface area contributed by atoms with E-state index in [2.05, 4.69) is 102 Å². The van der Waals surface area contributed by atoms with Crippen molar-refractivity contribution >= 4 is 22.5 Å². The van der Waals surface area contributed by atoms with Crippen molar-refractivity contribution < 1.29 is 4.42 Å². The molecule has 256 valence electrons. The molecule has 2 aromatic heterocycles. The van der Waals surface area contributed by atoms with Crippen molar-refractivity contribution in [2.75, 3.05) is 0 Å². The molecular weight excluding hydrogens is 622 g/mol. The van der Waals surface area contributed by atoms with Gasteiger partial charge in [-0.3, -0.25) is 4.98 Å². The van der Waals surface area contributed by atoms with E-state index in [1.165, 1.54) is 42.3 Å². The predicted octanol–water partition coefficient (Wildman–Crippen LogP) is 11.6. The van der Waals surface area contributed by atoms with Gasteiger partial charge in [0.25, 0.3) is 0 Å². The average Bonchev–Trinajstić information content (AvgIpc) is 3.57. The van der Waals surface area contributed by atoms with Crippen LogP contribution in [-0.4, -0.2) is 15.2 Å². The average molecular weight is 674 g/mol. The van der Waals surface area contributed by atoms with Gasteiger partial charge in [0.1, 0.15) is 0 Å². The van der Waals surface area contributed by atoms with Crippen LogP contribution in [0.4, 0.5) is 0 Å². The van der Waals surface area contributed by atoms with Crippen molar-refractivity contribution in [3.05, 3.63) is 88.4 Å². The zero-order valence-corrected chi connectivity index (χ0v) is 31.2. The number of aromatic nitrogens is 3. The van der Waals surface area contributed by atoms with Gasteiger partial charge in [-0.25, -0.2) is 0 Å². The number of halogens is 1. The number of benzene rings is 2. The van der Waals surface area contributed by atoms with Gasteiger partial charge >= 0.3 is 0 Å². The van der Waals surface area contributed by atoms with E-state index in [-0.39, 0.29) is 27.1 Å². The molecule has 2 heterocycles. The second kappa shape index (κ2) is 10.5. The lowest BCUT2D eigenvalue weighted by atomic mass is 9.33. The van der Waals surface area contributed by atoms with Crippen LogP contribution in [0.25, 0.3) is 22.4 Å². The summed E-state index contributed by atoms with van der Waals surface area (Å²) in [6.07, 6.45) is 12.2. The molecule has 0 aliphatic heterocycles. The van der Waals surface area contributed by atoms with E-state index in [0.717, 1.165) is 47.7 Å². The maximum atomic E-state index is 6.71. The molecule has 0 radical (unpaired) electrons.